The molecular weight excluding hydrogens is 548 g/mol. The van der Waals surface area contributed by atoms with Crippen molar-refractivity contribution in [1.82, 2.24) is 29.7 Å². The van der Waals surface area contributed by atoms with Crippen molar-refractivity contribution in [2.24, 2.45) is 0 Å². The van der Waals surface area contributed by atoms with Crippen LogP contribution in [-0.4, -0.2) is 54.6 Å². The van der Waals surface area contributed by atoms with Gasteiger partial charge in [0, 0.05) is 20.0 Å². The summed E-state index contributed by atoms with van der Waals surface area (Å²) in [5.41, 5.74) is 7.31. The predicted octanol–water partition coefficient (Wildman–Crippen LogP) is 6.72. The molecule has 0 radical (unpaired) electrons. The standard InChI is InChI=1S/C36H36N6O2/c1-24(43)41-19-5-9-32(41)35-37-22-30(39-35)28-15-11-26(12-16-28)27-13-17-29(18-14-27)31-23-38-36(40-31)33-10-6-20-42(33)34(44)21-25-7-3-2-4-8-25/h2-4,7-8,11-18,22-23,32-33H,5-6,9-10,19-21H2,1H3,(H,37,39)(H,38,40)/t32-,33-/m0/s1. The fourth-order valence-electron chi connectivity index (χ4n) is 6.64. The number of hydrogen-bond acceptors (Lipinski definition) is 4. The van der Waals surface area contributed by atoms with Crippen molar-refractivity contribution in [3.05, 3.63) is 108 Å². The average molecular weight is 585 g/mol. The molecule has 44 heavy (non-hydrogen) atoms. The van der Waals surface area contributed by atoms with E-state index < -0.39 is 0 Å². The Balaban J connectivity index is 1.02. The van der Waals surface area contributed by atoms with Crippen LogP contribution in [0.4, 0.5) is 0 Å². The van der Waals surface area contributed by atoms with E-state index in [4.69, 9.17) is 4.98 Å². The molecule has 2 amide bonds. The van der Waals surface area contributed by atoms with Crippen molar-refractivity contribution in [3.8, 4) is 33.6 Å². The van der Waals surface area contributed by atoms with Gasteiger partial charge in [-0.2, -0.15) is 0 Å². The van der Waals surface area contributed by atoms with Gasteiger partial charge in [-0.3, -0.25) is 9.59 Å². The van der Waals surface area contributed by atoms with Gasteiger partial charge in [0.2, 0.25) is 11.8 Å². The van der Waals surface area contributed by atoms with Crippen LogP contribution in [0.1, 0.15) is 61.9 Å². The molecule has 7 rings (SSSR count). The summed E-state index contributed by atoms with van der Waals surface area (Å²) in [6, 6.07) is 26.9. The number of rotatable bonds is 7. The number of carbonyl (C=O) groups is 2. The normalized spacial score (nSPS) is 18.2. The van der Waals surface area contributed by atoms with Crippen LogP contribution >= 0.6 is 0 Å². The van der Waals surface area contributed by atoms with E-state index in [2.05, 4.69) is 63.5 Å². The van der Waals surface area contributed by atoms with Gasteiger partial charge in [-0.1, -0.05) is 78.9 Å². The highest BCUT2D eigenvalue weighted by molar-refractivity contribution is 5.79. The molecule has 4 heterocycles. The third-order valence-corrected chi connectivity index (χ3v) is 8.98. The van der Waals surface area contributed by atoms with Gasteiger partial charge in [-0.05, 0) is 53.5 Å². The first-order valence-electron chi connectivity index (χ1n) is 15.4. The molecule has 0 unspecified atom stereocenters. The zero-order valence-electron chi connectivity index (χ0n) is 24.9. The van der Waals surface area contributed by atoms with E-state index in [0.717, 1.165) is 89.6 Å². The quantitative estimate of drug-likeness (QED) is 0.222. The fraction of sp³-hybridized carbons (Fsp3) is 0.278. The first-order chi connectivity index (χ1) is 21.5. The Kier molecular flexibility index (Phi) is 7.56. The zero-order valence-corrected chi connectivity index (χ0v) is 24.9. The molecule has 222 valence electrons. The maximum absolute atomic E-state index is 13.1. The molecule has 0 bridgehead atoms. The fourth-order valence-corrected chi connectivity index (χ4v) is 6.64. The maximum Gasteiger partial charge on any atom is 0.227 e. The molecule has 2 aromatic heterocycles. The van der Waals surface area contributed by atoms with Crippen LogP contribution in [0.25, 0.3) is 33.6 Å². The van der Waals surface area contributed by atoms with Crippen molar-refractivity contribution in [3.63, 3.8) is 0 Å². The number of imidazole rings is 2. The molecule has 2 aliphatic heterocycles. The van der Waals surface area contributed by atoms with E-state index in [-0.39, 0.29) is 23.9 Å². The van der Waals surface area contributed by atoms with Crippen molar-refractivity contribution in [2.45, 2.75) is 51.1 Å². The third kappa shape index (κ3) is 5.55. The summed E-state index contributed by atoms with van der Waals surface area (Å²) in [7, 11) is 0. The average Bonchev–Trinajstić information content (AvgIpc) is 3.88. The lowest BCUT2D eigenvalue weighted by molar-refractivity contribution is -0.131. The van der Waals surface area contributed by atoms with Gasteiger partial charge in [0.15, 0.2) is 0 Å². The Labute approximate surface area is 257 Å². The van der Waals surface area contributed by atoms with E-state index in [9.17, 15) is 9.59 Å². The van der Waals surface area contributed by atoms with Gasteiger partial charge in [-0.15, -0.1) is 0 Å². The second kappa shape index (κ2) is 12.0. The third-order valence-electron chi connectivity index (χ3n) is 8.98. The Morgan fingerprint density at radius 3 is 1.68 bits per heavy atom. The smallest absolute Gasteiger partial charge is 0.227 e. The number of nitrogens with one attached hydrogen (secondary N) is 2. The van der Waals surface area contributed by atoms with Crippen LogP contribution in [-0.2, 0) is 16.0 Å². The SMILES string of the molecule is CC(=O)N1CCC[C@H]1c1ncc(-c2ccc(-c3ccc(-c4cnc([C@@H]5CCCN5C(=O)Cc5ccccc5)[nH]4)cc3)cc2)[nH]1. The highest BCUT2D eigenvalue weighted by atomic mass is 16.2. The van der Waals surface area contributed by atoms with Crippen LogP contribution in [0, 0.1) is 0 Å². The molecule has 2 saturated heterocycles. The van der Waals surface area contributed by atoms with Crippen molar-refractivity contribution in [2.75, 3.05) is 13.1 Å². The number of aromatic nitrogens is 4. The van der Waals surface area contributed by atoms with Gasteiger partial charge in [-0.25, -0.2) is 9.97 Å². The predicted molar refractivity (Wildman–Crippen MR) is 170 cm³/mol. The van der Waals surface area contributed by atoms with Gasteiger partial charge >= 0.3 is 0 Å². The summed E-state index contributed by atoms with van der Waals surface area (Å²) in [5.74, 6) is 1.95. The topological polar surface area (TPSA) is 98.0 Å². The summed E-state index contributed by atoms with van der Waals surface area (Å²) in [4.78, 5) is 45.2. The molecule has 0 saturated carbocycles. The molecule has 3 aromatic carbocycles. The van der Waals surface area contributed by atoms with E-state index >= 15 is 0 Å². The molecule has 2 aliphatic rings. The first kappa shape index (κ1) is 27.8. The highest BCUT2D eigenvalue weighted by Crippen LogP contribution is 2.34. The minimum Gasteiger partial charge on any atom is -0.340 e. The summed E-state index contributed by atoms with van der Waals surface area (Å²) in [5, 5.41) is 0. The molecule has 2 fully saturated rings. The molecule has 5 aromatic rings. The Hall–Kier alpha value is -4.98. The van der Waals surface area contributed by atoms with Gasteiger partial charge in [0.25, 0.3) is 0 Å². The lowest BCUT2D eigenvalue weighted by atomic mass is 10.0. The van der Waals surface area contributed by atoms with Crippen LogP contribution in [0.5, 0.6) is 0 Å². The molecule has 2 atom stereocenters. The number of aromatic amines is 2. The minimum absolute atomic E-state index is 0.0186. The number of nitrogens with zero attached hydrogens (tertiary/aromatic N) is 4. The van der Waals surface area contributed by atoms with Crippen molar-refractivity contribution in [1.29, 1.82) is 0 Å². The first-order valence-corrected chi connectivity index (χ1v) is 15.4. The van der Waals surface area contributed by atoms with E-state index in [1.165, 1.54) is 0 Å². The van der Waals surface area contributed by atoms with E-state index in [1.807, 2.05) is 52.5 Å². The Morgan fingerprint density at radius 2 is 1.16 bits per heavy atom. The Morgan fingerprint density at radius 1 is 0.682 bits per heavy atom. The highest BCUT2D eigenvalue weighted by Gasteiger charge is 2.32. The van der Waals surface area contributed by atoms with Crippen molar-refractivity contribution < 1.29 is 9.59 Å². The summed E-state index contributed by atoms with van der Waals surface area (Å²) in [6.45, 7) is 3.18. The Bertz CT molecular complexity index is 1760. The molecule has 0 aliphatic carbocycles. The number of carbonyl (C=O) groups excluding carboxylic acids is 2. The van der Waals surface area contributed by atoms with Crippen LogP contribution < -0.4 is 0 Å². The minimum atomic E-state index is -0.0186. The maximum atomic E-state index is 13.1. The van der Waals surface area contributed by atoms with E-state index in [1.54, 1.807) is 6.92 Å². The van der Waals surface area contributed by atoms with Crippen LogP contribution in [0.15, 0.2) is 91.3 Å². The van der Waals surface area contributed by atoms with E-state index in [0.29, 0.717) is 6.42 Å². The van der Waals surface area contributed by atoms with Crippen LogP contribution in [0.3, 0.4) is 0 Å². The van der Waals surface area contributed by atoms with Gasteiger partial charge < -0.3 is 19.8 Å². The summed E-state index contributed by atoms with van der Waals surface area (Å²) in [6.07, 6.45) is 7.99. The van der Waals surface area contributed by atoms with Crippen molar-refractivity contribution >= 4 is 11.8 Å². The number of benzene rings is 3. The second-order valence-electron chi connectivity index (χ2n) is 11.8. The second-order valence-corrected chi connectivity index (χ2v) is 11.8. The molecule has 0 spiro atoms. The molecule has 8 heteroatoms. The number of H-pyrrole nitrogens is 2. The van der Waals surface area contributed by atoms with Gasteiger partial charge in [0.1, 0.15) is 11.6 Å². The monoisotopic (exact) mass is 584 g/mol. The lowest BCUT2D eigenvalue weighted by Gasteiger charge is -2.23. The summed E-state index contributed by atoms with van der Waals surface area (Å²) < 4.78 is 0. The largest absolute Gasteiger partial charge is 0.340 e. The lowest BCUT2D eigenvalue weighted by Crippen LogP contribution is -2.32. The molecule has 2 N–H and O–H groups in total. The summed E-state index contributed by atoms with van der Waals surface area (Å²) >= 11 is 0. The number of likely N-dealkylation sites (tertiary alicyclic amines) is 2. The molecular formula is C36H36N6O2. The zero-order chi connectivity index (χ0) is 30.0. The molecule has 8 nitrogen and oxygen atoms in total. The van der Waals surface area contributed by atoms with Crippen LogP contribution in [0.2, 0.25) is 0 Å². The number of hydrogen-bond donors (Lipinski definition) is 2. The number of amides is 2. The van der Waals surface area contributed by atoms with Gasteiger partial charge in [0.05, 0.1) is 42.3 Å².